The number of phenolic OH excluding ortho intramolecular Hbond substituents is 1. The van der Waals surface area contributed by atoms with Gasteiger partial charge < -0.3 is 14.3 Å². The maximum Gasteiger partial charge on any atom is 0.345 e. The number of ether oxygens (including phenoxy) is 1. The lowest BCUT2D eigenvalue weighted by Crippen LogP contribution is -2.08. The summed E-state index contributed by atoms with van der Waals surface area (Å²) in [4.78, 5) is 32.1. The number of hydrogen-bond donors (Lipinski definition) is 1. The summed E-state index contributed by atoms with van der Waals surface area (Å²) in [6, 6.07) is 12.0. The number of hydrogen-bond acceptors (Lipinski definition) is 7. The van der Waals surface area contributed by atoms with Gasteiger partial charge in [0.05, 0.1) is 11.1 Å². The molecule has 3 heterocycles. The van der Waals surface area contributed by atoms with Crippen molar-refractivity contribution in [3.05, 3.63) is 82.9 Å². The Morgan fingerprint density at radius 3 is 2.70 bits per heavy atom. The van der Waals surface area contributed by atoms with E-state index < -0.39 is 5.97 Å². The van der Waals surface area contributed by atoms with E-state index in [0.29, 0.717) is 11.1 Å². The van der Waals surface area contributed by atoms with Gasteiger partial charge in [-0.1, -0.05) is 0 Å². The number of aromatic hydroxyl groups is 1. The van der Waals surface area contributed by atoms with Gasteiger partial charge in [-0.15, -0.1) is 0 Å². The smallest absolute Gasteiger partial charge is 0.345 e. The van der Waals surface area contributed by atoms with Crippen LogP contribution in [0.4, 0.5) is 0 Å². The van der Waals surface area contributed by atoms with Crippen LogP contribution in [0.25, 0.3) is 22.4 Å². The molecule has 0 spiro atoms. The van der Waals surface area contributed by atoms with E-state index in [1.54, 1.807) is 30.5 Å². The number of benzene rings is 1. The van der Waals surface area contributed by atoms with E-state index in [1.165, 1.54) is 36.7 Å². The quantitative estimate of drug-likeness (QED) is 0.442. The molecule has 0 bridgehead atoms. The van der Waals surface area contributed by atoms with E-state index in [-0.39, 0.29) is 33.8 Å². The lowest BCUT2D eigenvalue weighted by molar-refractivity contribution is 0.0734. The number of pyridine rings is 2. The largest absolute Gasteiger partial charge is 0.507 e. The second kappa shape index (κ2) is 6.72. The van der Waals surface area contributed by atoms with Crippen molar-refractivity contribution < 1.29 is 19.1 Å². The number of rotatable bonds is 3. The summed E-state index contributed by atoms with van der Waals surface area (Å²) < 4.78 is 10.9. The number of esters is 1. The number of nitrogens with zero attached hydrogens (tertiary/aromatic N) is 2. The Hall–Kier alpha value is -4.00. The zero-order valence-corrected chi connectivity index (χ0v) is 13.8. The molecular formula is C20H12N2O5. The highest BCUT2D eigenvalue weighted by Gasteiger charge is 2.14. The minimum absolute atomic E-state index is 0.148. The summed E-state index contributed by atoms with van der Waals surface area (Å²) >= 11 is 0. The van der Waals surface area contributed by atoms with Gasteiger partial charge in [0, 0.05) is 30.7 Å². The summed E-state index contributed by atoms with van der Waals surface area (Å²) in [6.07, 6.45) is 4.43. The molecule has 0 aliphatic rings. The van der Waals surface area contributed by atoms with Gasteiger partial charge >= 0.3 is 5.97 Å². The minimum Gasteiger partial charge on any atom is -0.507 e. The first kappa shape index (κ1) is 16.5. The van der Waals surface area contributed by atoms with Crippen LogP contribution in [0.2, 0.25) is 0 Å². The van der Waals surface area contributed by atoms with E-state index in [2.05, 4.69) is 9.97 Å². The number of carbonyl (C=O) groups excluding carboxylic acids is 1. The minimum atomic E-state index is -0.599. The van der Waals surface area contributed by atoms with Crippen molar-refractivity contribution in [2.24, 2.45) is 0 Å². The number of aromatic nitrogens is 2. The van der Waals surface area contributed by atoms with Gasteiger partial charge in [0.2, 0.25) is 5.43 Å². The molecule has 1 aromatic carbocycles. The zero-order chi connectivity index (χ0) is 18.8. The van der Waals surface area contributed by atoms with Crippen LogP contribution < -0.4 is 10.2 Å². The molecule has 7 heteroatoms. The van der Waals surface area contributed by atoms with Crippen LogP contribution in [0.5, 0.6) is 11.5 Å². The maximum absolute atomic E-state index is 12.2. The van der Waals surface area contributed by atoms with E-state index in [4.69, 9.17) is 9.15 Å². The summed E-state index contributed by atoms with van der Waals surface area (Å²) in [5, 5.41) is 10.3. The first-order chi connectivity index (χ1) is 13.1. The molecular weight excluding hydrogens is 348 g/mol. The molecule has 0 unspecified atom stereocenters. The van der Waals surface area contributed by atoms with Crippen LogP contribution >= 0.6 is 0 Å². The van der Waals surface area contributed by atoms with Gasteiger partial charge in [-0.2, -0.15) is 0 Å². The average Bonchev–Trinajstić information content (AvgIpc) is 2.69. The Morgan fingerprint density at radius 2 is 1.93 bits per heavy atom. The maximum atomic E-state index is 12.2. The van der Waals surface area contributed by atoms with Crippen LogP contribution in [0.3, 0.4) is 0 Å². The Balaban J connectivity index is 1.66. The standard InChI is InChI=1S/C20H12N2O5/c23-15-9-13(26-20(25)12-3-1-7-21-11-12)5-6-14(15)18-10-16(24)19-17(27-18)4-2-8-22-19/h1-11,23H. The van der Waals surface area contributed by atoms with E-state index in [9.17, 15) is 14.7 Å². The molecule has 0 fully saturated rings. The van der Waals surface area contributed by atoms with E-state index >= 15 is 0 Å². The topological polar surface area (TPSA) is 103 Å². The van der Waals surface area contributed by atoms with Crippen LogP contribution in [0.15, 0.2) is 76.3 Å². The third-order valence-electron chi connectivity index (χ3n) is 3.83. The highest BCUT2D eigenvalue weighted by atomic mass is 16.5. The molecule has 0 aliphatic heterocycles. The lowest BCUT2D eigenvalue weighted by atomic mass is 10.1. The predicted octanol–water partition coefficient (Wildman–Crippen LogP) is 3.17. The average molecular weight is 360 g/mol. The predicted molar refractivity (Wildman–Crippen MR) is 96.6 cm³/mol. The molecule has 4 rings (SSSR count). The monoisotopic (exact) mass is 360 g/mol. The number of fused-ring (bicyclic) bond motifs is 1. The van der Waals surface area contributed by atoms with Crippen molar-refractivity contribution in [1.29, 1.82) is 0 Å². The first-order valence-corrected chi connectivity index (χ1v) is 7.96. The fraction of sp³-hybridized carbons (Fsp3) is 0. The lowest BCUT2D eigenvalue weighted by Gasteiger charge is -2.08. The molecule has 0 saturated heterocycles. The summed E-state index contributed by atoms with van der Waals surface area (Å²) in [5.74, 6) is -0.463. The fourth-order valence-electron chi connectivity index (χ4n) is 2.56. The SMILES string of the molecule is O=C(Oc1ccc(-c2cc(=O)c3ncccc3o2)c(O)c1)c1cccnc1. The van der Waals surface area contributed by atoms with Gasteiger partial charge in [0.15, 0.2) is 11.1 Å². The van der Waals surface area contributed by atoms with Gasteiger partial charge in [0.25, 0.3) is 0 Å². The molecule has 0 atom stereocenters. The van der Waals surface area contributed by atoms with Crippen molar-refractivity contribution in [2.45, 2.75) is 0 Å². The molecule has 7 nitrogen and oxygen atoms in total. The molecule has 0 aliphatic carbocycles. The van der Waals surface area contributed by atoms with Gasteiger partial charge in [-0.3, -0.25) is 9.78 Å². The van der Waals surface area contributed by atoms with Crippen molar-refractivity contribution in [2.75, 3.05) is 0 Å². The second-order valence-electron chi connectivity index (χ2n) is 5.64. The molecule has 1 N–H and O–H groups in total. The Bertz CT molecular complexity index is 1200. The van der Waals surface area contributed by atoms with Gasteiger partial charge in [0.1, 0.15) is 17.3 Å². The van der Waals surface area contributed by atoms with Crippen molar-refractivity contribution >= 4 is 17.1 Å². The molecule has 3 aromatic heterocycles. The molecule has 0 saturated carbocycles. The van der Waals surface area contributed by atoms with Crippen molar-refractivity contribution in [1.82, 2.24) is 9.97 Å². The number of carbonyl (C=O) groups is 1. The van der Waals surface area contributed by atoms with Gasteiger partial charge in [-0.05, 0) is 36.4 Å². The molecule has 4 aromatic rings. The van der Waals surface area contributed by atoms with Crippen LogP contribution in [-0.2, 0) is 0 Å². The van der Waals surface area contributed by atoms with Gasteiger partial charge in [-0.25, -0.2) is 9.78 Å². The first-order valence-electron chi connectivity index (χ1n) is 7.96. The third kappa shape index (κ3) is 3.25. The molecule has 27 heavy (non-hydrogen) atoms. The highest BCUT2D eigenvalue weighted by Crippen LogP contribution is 2.33. The van der Waals surface area contributed by atoms with E-state index in [1.807, 2.05) is 0 Å². The van der Waals surface area contributed by atoms with Crippen LogP contribution in [-0.4, -0.2) is 21.0 Å². The Morgan fingerprint density at radius 1 is 1.07 bits per heavy atom. The molecule has 0 amide bonds. The van der Waals surface area contributed by atoms with Crippen LogP contribution in [0.1, 0.15) is 10.4 Å². The Kier molecular flexibility index (Phi) is 4.10. The normalized spacial score (nSPS) is 10.7. The molecule has 132 valence electrons. The molecule has 0 radical (unpaired) electrons. The summed E-state index contributed by atoms with van der Waals surface area (Å²) in [6.45, 7) is 0. The zero-order valence-electron chi connectivity index (χ0n) is 13.8. The van der Waals surface area contributed by atoms with Crippen molar-refractivity contribution in [3.63, 3.8) is 0 Å². The second-order valence-corrected chi connectivity index (χ2v) is 5.64. The van der Waals surface area contributed by atoms with Crippen molar-refractivity contribution in [3.8, 4) is 22.8 Å². The fourth-order valence-corrected chi connectivity index (χ4v) is 2.56. The third-order valence-corrected chi connectivity index (χ3v) is 3.83. The van der Waals surface area contributed by atoms with E-state index in [0.717, 1.165) is 0 Å². The highest BCUT2D eigenvalue weighted by molar-refractivity contribution is 5.90. The summed E-state index contributed by atoms with van der Waals surface area (Å²) in [5.41, 5.74) is 0.778. The van der Waals surface area contributed by atoms with Crippen LogP contribution in [0, 0.1) is 0 Å². The Labute approximate surface area is 152 Å². The summed E-state index contributed by atoms with van der Waals surface area (Å²) in [7, 11) is 0. The number of phenols is 1.